The van der Waals surface area contributed by atoms with Crippen LogP contribution in [0.3, 0.4) is 0 Å². The Kier molecular flexibility index (Phi) is 6.56. The molecule has 2 aromatic carbocycles. The minimum atomic E-state index is 0.429. The number of thiocarbonyl (C=S) groups is 1. The van der Waals surface area contributed by atoms with Crippen molar-refractivity contribution in [3.63, 3.8) is 0 Å². The third kappa shape index (κ3) is 5.05. The van der Waals surface area contributed by atoms with Crippen LogP contribution in [0.25, 0.3) is 0 Å². The van der Waals surface area contributed by atoms with Gasteiger partial charge >= 0.3 is 0 Å². The van der Waals surface area contributed by atoms with Gasteiger partial charge in [-0.1, -0.05) is 41.9 Å². The lowest BCUT2D eigenvalue weighted by molar-refractivity contribution is 0.467. The fraction of sp³-hybridized carbons (Fsp3) is 0.222. The van der Waals surface area contributed by atoms with Gasteiger partial charge in [-0.2, -0.15) is 0 Å². The van der Waals surface area contributed by atoms with Gasteiger partial charge in [0.05, 0.1) is 0 Å². The molecule has 0 bridgehead atoms. The van der Waals surface area contributed by atoms with Crippen LogP contribution in [0.4, 0.5) is 5.69 Å². The maximum absolute atomic E-state index is 5.90. The fourth-order valence-corrected chi connectivity index (χ4v) is 2.54. The van der Waals surface area contributed by atoms with Crippen molar-refractivity contribution in [1.29, 1.82) is 0 Å². The summed E-state index contributed by atoms with van der Waals surface area (Å²) in [6, 6.07) is 17.5. The van der Waals surface area contributed by atoms with Crippen molar-refractivity contribution in [3.05, 3.63) is 65.2 Å². The average Bonchev–Trinajstić information content (AvgIpc) is 2.58. The molecule has 0 spiro atoms. The molecule has 0 atom stereocenters. The van der Waals surface area contributed by atoms with E-state index in [-0.39, 0.29) is 0 Å². The second kappa shape index (κ2) is 8.65. The summed E-state index contributed by atoms with van der Waals surface area (Å²) in [5.74, 6) is 0.877. The summed E-state index contributed by atoms with van der Waals surface area (Å²) in [4.78, 5) is 6.82. The summed E-state index contributed by atoms with van der Waals surface area (Å²) in [5.41, 5.74) is 1.92. The highest BCUT2D eigenvalue weighted by Crippen LogP contribution is 2.14. The highest BCUT2D eigenvalue weighted by Gasteiger charge is 2.11. The molecule has 0 aliphatic heterocycles. The summed E-state index contributed by atoms with van der Waals surface area (Å²) in [5, 5.41) is 4.25. The van der Waals surface area contributed by atoms with Gasteiger partial charge in [-0.3, -0.25) is 0 Å². The van der Waals surface area contributed by atoms with Crippen LogP contribution in [0, 0.1) is 0 Å². The van der Waals surface area contributed by atoms with E-state index in [2.05, 4.69) is 29.1 Å². The van der Waals surface area contributed by atoms with Gasteiger partial charge in [0.1, 0.15) is 5.84 Å². The van der Waals surface area contributed by atoms with Crippen LogP contribution in [0.15, 0.2) is 59.6 Å². The topological polar surface area (TPSA) is 27.6 Å². The van der Waals surface area contributed by atoms with E-state index < -0.39 is 0 Å². The summed E-state index contributed by atoms with van der Waals surface area (Å²) in [6.07, 6.45) is 0. The molecular formula is C18H20ClN3S. The molecule has 0 aliphatic carbocycles. The molecule has 0 heterocycles. The number of benzene rings is 2. The second-order valence-corrected chi connectivity index (χ2v) is 5.73. The zero-order valence-corrected chi connectivity index (χ0v) is 14.9. The van der Waals surface area contributed by atoms with Crippen molar-refractivity contribution in [2.24, 2.45) is 4.99 Å². The Balaban J connectivity index is 2.25. The predicted octanol–water partition coefficient (Wildman–Crippen LogP) is 4.83. The van der Waals surface area contributed by atoms with E-state index in [1.54, 1.807) is 0 Å². The quantitative estimate of drug-likeness (QED) is 0.489. The highest BCUT2D eigenvalue weighted by molar-refractivity contribution is 7.80. The molecule has 0 amide bonds. The fourth-order valence-electron chi connectivity index (χ4n) is 2.21. The minimum Gasteiger partial charge on any atom is -0.357 e. The molecule has 0 saturated heterocycles. The first-order valence-corrected chi connectivity index (χ1v) is 8.38. The molecule has 0 fully saturated rings. The van der Waals surface area contributed by atoms with Gasteiger partial charge in [0.15, 0.2) is 5.11 Å². The van der Waals surface area contributed by atoms with Crippen LogP contribution in [0.1, 0.15) is 19.4 Å². The Morgan fingerprint density at radius 3 is 2.22 bits per heavy atom. The van der Waals surface area contributed by atoms with Crippen molar-refractivity contribution in [1.82, 2.24) is 4.90 Å². The first kappa shape index (κ1) is 17.4. The Morgan fingerprint density at radius 2 is 1.65 bits per heavy atom. The molecular weight excluding hydrogens is 326 g/mol. The van der Waals surface area contributed by atoms with Crippen LogP contribution >= 0.6 is 23.8 Å². The van der Waals surface area contributed by atoms with Gasteiger partial charge in [-0.05, 0) is 50.3 Å². The molecule has 2 rings (SSSR count). The van der Waals surface area contributed by atoms with E-state index in [4.69, 9.17) is 23.8 Å². The Hall–Kier alpha value is -1.91. The predicted molar refractivity (Wildman–Crippen MR) is 104 cm³/mol. The highest BCUT2D eigenvalue weighted by atomic mass is 35.5. The van der Waals surface area contributed by atoms with Crippen molar-refractivity contribution in [2.45, 2.75) is 13.8 Å². The number of anilines is 1. The van der Waals surface area contributed by atoms with Crippen molar-refractivity contribution in [3.8, 4) is 0 Å². The smallest absolute Gasteiger partial charge is 0.199 e. The normalized spacial score (nSPS) is 11.2. The molecule has 23 heavy (non-hydrogen) atoms. The molecule has 3 nitrogen and oxygen atoms in total. The van der Waals surface area contributed by atoms with Crippen molar-refractivity contribution < 1.29 is 0 Å². The molecule has 2 aromatic rings. The summed E-state index contributed by atoms with van der Waals surface area (Å²) >= 11 is 11.3. The molecule has 0 unspecified atom stereocenters. The van der Waals surface area contributed by atoms with E-state index in [9.17, 15) is 0 Å². The first-order valence-electron chi connectivity index (χ1n) is 7.59. The Bertz CT molecular complexity index is 664. The van der Waals surface area contributed by atoms with Crippen LogP contribution in [-0.2, 0) is 0 Å². The molecule has 5 heteroatoms. The summed E-state index contributed by atoms with van der Waals surface area (Å²) in [7, 11) is 0. The summed E-state index contributed by atoms with van der Waals surface area (Å²) in [6.45, 7) is 5.96. The average molecular weight is 346 g/mol. The number of nitrogens with zero attached hydrogens (tertiary/aromatic N) is 2. The van der Waals surface area contributed by atoms with Crippen molar-refractivity contribution in [2.75, 3.05) is 18.4 Å². The van der Waals surface area contributed by atoms with E-state index in [0.717, 1.165) is 30.2 Å². The number of aliphatic imine (C=N–C) groups is 1. The lowest BCUT2D eigenvalue weighted by Crippen LogP contribution is -2.32. The van der Waals surface area contributed by atoms with Gasteiger partial charge in [0.25, 0.3) is 0 Å². The molecule has 0 saturated carbocycles. The zero-order valence-electron chi connectivity index (χ0n) is 13.3. The van der Waals surface area contributed by atoms with Gasteiger partial charge in [-0.15, -0.1) is 0 Å². The van der Waals surface area contributed by atoms with E-state index >= 15 is 0 Å². The van der Waals surface area contributed by atoms with Crippen LogP contribution < -0.4 is 5.32 Å². The Morgan fingerprint density at radius 1 is 1.04 bits per heavy atom. The van der Waals surface area contributed by atoms with Crippen LogP contribution in [0.2, 0.25) is 5.02 Å². The second-order valence-electron chi connectivity index (χ2n) is 4.91. The standard InChI is InChI=1S/C18H20ClN3S/c1-3-22(4-2)17(14-8-6-5-7-9-14)21-18(23)20-16-12-10-15(19)11-13-16/h5-13H,3-4H2,1-2H3,(H,20,23). The number of halogens is 1. The summed E-state index contributed by atoms with van der Waals surface area (Å²) < 4.78 is 0. The maximum atomic E-state index is 5.90. The number of hydrogen-bond acceptors (Lipinski definition) is 1. The zero-order chi connectivity index (χ0) is 16.7. The Labute approximate surface area is 148 Å². The lowest BCUT2D eigenvalue weighted by Gasteiger charge is -2.23. The lowest BCUT2D eigenvalue weighted by atomic mass is 10.2. The van der Waals surface area contributed by atoms with Crippen LogP contribution in [0.5, 0.6) is 0 Å². The van der Waals surface area contributed by atoms with E-state index in [0.29, 0.717) is 10.1 Å². The molecule has 0 radical (unpaired) electrons. The number of nitrogens with one attached hydrogen (secondary N) is 1. The van der Waals surface area contributed by atoms with E-state index in [1.807, 2.05) is 54.6 Å². The van der Waals surface area contributed by atoms with E-state index in [1.165, 1.54) is 0 Å². The first-order chi connectivity index (χ1) is 11.1. The van der Waals surface area contributed by atoms with Gasteiger partial charge < -0.3 is 10.2 Å². The largest absolute Gasteiger partial charge is 0.357 e. The SMILES string of the molecule is CCN(CC)C(=NC(=S)Nc1ccc(Cl)cc1)c1ccccc1. The third-order valence-corrected chi connectivity index (χ3v) is 3.84. The number of amidine groups is 1. The molecule has 0 aromatic heterocycles. The van der Waals surface area contributed by atoms with Crippen LogP contribution in [-0.4, -0.2) is 28.9 Å². The molecule has 1 N–H and O–H groups in total. The van der Waals surface area contributed by atoms with Gasteiger partial charge in [0.2, 0.25) is 0 Å². The van der Waals surface area contributed by atoms with Gasteiger partial charge in [-0.25, -0.2) is 4.99 Å². The maximum Gasteiger partial charge on any atom is 0.199 e. The molecule has 0 aliphatic rings. The third-order valence-electron chi connectivity index (χ3n) is 3.40. The number of rotatable bonds is 4. The van der Waals surface area contributed by atoms with Crippen molar-refractivity contribution >= 4 is 40.5 Å². The monoisotopic (exact) mass is 345 g/mol. The number of hydrogen-bond donors (Lipinski definition) is 1. The molecule has 120 valence electrons. The van der Waals surface area contributed by atoms with Gasteiger partial charge in [0, 0.05) is 29.4 Å². The minimum absolute atomic E-state index is 0.429.